The quantitative estimate of drug-likeness (QED) is 0.649. The van der Waals surface area contributed by atoms with E-state index in [1.807, 2.05) is 4.57 Å². The molecule has 0 N–H and O–H groups in total. The predicted molar refractivity (Wildman–Crippen MR) is 113 cm³/mol. The molecule has 1 aromatic carbocycles. The van der Waals surface area contributed by atoms with Gasteiger partial charge in [0.15, 0.2) is 5.52 Å². The zero-order chi connectivity index (χ0) is 20.5. The van der Waals surface area contributed by atoms with Crippen LogP contribution in [0, 0.1) is 12.8 Å². The van der Waals surface area contributed by atoms with Crippen LogP contribution in [-0.4, -0.2) is 45.6 Å². The fourth-order valence-electron chi connectivity index (χ4n) is 4.46. The Balaban J connectivity index is 1.58. The summed E-state index contributed by atoms with van der Waals surface area (Å²) >= 11 is 0. The van der Waals surface area contributed by atoms with E-state index in [1.54, 1.807) is 10.7 Å². The number of benzene rings is 1. The minimum Gasteiger partial charge on any atom is -0.381 e. The molecule has 30 heavy (non-hydrogen) atoms. The van der Waals surface area contributed by atoms with E-state index in [1.165, 1.54) is 5.56 Å². The van der Waals surface area contributed by atoms with Gasteiger partial charge in [-0.2, -0.15) is 5.10 Å². The van der Waals surface area contributed by atoms with Gasteiger partial charge in [0.1, 0.15) is 11.6 Å². The van der Waals surface area contributed by atoms with Crippen molar-refractivity contribution in [2.45, 2.75) is 45.1 Å². The second kappa shape index (κ2) is 8.32. The number of aryl methyl sites for hydroxylation is 1. The molecule has 1 unspecified atom stereocenters. The Morgan fingerprint density at radius 3 is 2.57 bits per heavy atom. The second-order valence-electron chi connectivity index (χ2n) is 8.52. The van der Waals surface area contributed by atoms with Crippen LogP contribution < -0.4 is 5.56 Å². The molecule has 0 radical (unpaired) electrons. The molecule has 0 aliphatic carbocycles. The van der Waals surface area contributed by atoms with Crippen LogP contribution in [0.4, 0.5) is 0 Å². The summed E-state index contributed by atoms with van der Waals surface area (Å²) in [6, 6.07) is 8.43. The van der Waals surface area contributed by atoms with E-state index < -0.39 is 0 Å². The maximum Gasteiger partial charge on any atom is 0.279 e. The van der Waals surface area contributed by atoms with Gasteiger partial charge in [-0.3, -0.25) is 9.36 Å². The van der Waals surface area contributed by atoms with Gasteiger partial charge in [0.25, 0.3) is 5.56 Å². The van der Waals surface area contributed by atoms with Gasteiger partial charge in [-0.25, -0.2) is 9.50 Å². The first-order valence-corrected chi connectivity index (χ1v) is 10.9. The van der Waals surface area contributed by atoms with Crippen molar-refractivity contribution < 1.29 is 9.47 Å². The molecule has 158 valence electrons. The van der Waals surface area contributed by atoms with Crippen LogP contribution in [0.15, 0.2) is 35.3 Å². The zero-order valence-electron chi connectivity index (χ0n) is 17.4. The maximum atomic E-state index is 13.5. The van der Waals surface area contributed by atoms with Gasteiger partial charge in [0.05, 0.1) is 12.8 Å². The second-order valence-corrected chi connectivity index (χ2v) is 8.52. The Hall–Kier alpha value is -2.51. The lowest BCUT2D eigenvalue weighted by Crippen LogP contribution is -2.31. The molecule has 0 spiro atoms. The number of aromatic nitrogens is 4. The van der Waals surface area contributed by atoms with Gasteiger partial charge < -0.3 is 9.47 Å². The average Bonchev–Trinajstić information content (AvgIpc) is 3.43. The summed E-state index contributed by atoms with van der Waals surface area (Å²) in [4.78, 5) is 18.1. The molecule has 4 heterocycles. The van der Waals surface area contributed by atoms with Crippen molar-refractivity contribution in [1.82, 2.24) is 19.2 Å². The smallest absolute Gasteiger partial charge is 0.279 e. The summed E-state index contributed by atoms with van der Waals surface area (Å²) in [5.41, 5.74) is 2.92. The Bertz CT molecular complexity index is 1070. The highest BCUT2D eigenvalue weighted by Gasteiger charge is 2.25. The van der Waals surface area contributed by atoms with Crippen LogP contribution in [0.1, 0.15) is 48.0 Å². The van der Waals surface area contributed by atoms with Gasteiger partial charge in [0, 0.05) is 44.6 Å². The first-order chi connectivity index (χ1) is 14.7. The lowest BCUT2D eigenvalue weighted by molar-refractivity contribution is 0.0832. The SMILES string of the molecule is Cc1ccc(Cc2nn3c(C4CCOCC4)ncc3c(=O)n2CC2CCOC2)cc1. The van der Waals surface area contributed by atoms with Gasteiger partial charge in [-0.15, -0.1) is 0 Å². The summed E-state index contributed by atoms with van der Waals surface area (Å²) in [5.74, 6) is 2.29. The number of nitrogens with zero attached hydrogens (tertiary/aromatic N) is 4. The van der Waals surface area contributed by atoms with Crippen LogP contribution in [0.25, 0.3) is 5.52 Å². The van der Waals surface area contributed by atoms with Crippen LogP contribution in [0.3, 0.4) is 0 Å². The van der Waals surface area contributed by atoms with Crippen molar-refractivity contribution >= 4 is 5.52 Å². The first kappa shape index (κ1) is 19.5. The largest absolute Gasteiger partial charge is 0.381 e. The van der Waals surface area contributed by atoms with Gasteiger partial charge in [-0.05, 0) is 31.7 Å². The molecule has 3 aromatic rings. The number of hydrogen-bond donors (Lipinski definition) is 0. The topological polar surface area (TPSA) is 70.7 Å². The normalized spacial score (nSPS) is 20.2. The number of hydrogen-bond acceptors (Lipinski definition) is 5. The fourth-order valence-corrected chi connectivity index (χ4v) is 4.46. The van der Waals surface area contributed by atoms with Gasteiger partial charge in [-0.1, -0.05) is 29.8 Å². The summed E-state index contributed by atoms with van der Waals surface area (Å²) in [6.07, 6.45) is 5.11. The van der Waals surface area contributed by atoms with Gasteiger partial charge in [0.2, 0.25) is 0 Å². The van der Waals surface area contributed by atoms with E-state index in [9.17, 15) is 4.79 Å². The van der Waals surface area contributed by atoms with E-state index in [2.05, 4.69) is 36.2 Å². The van der Waals surface area contributed by atoms with Crippen molar-refractivity contribution in [2.24, 2.45) is 5.92 Å². The third-order valence-electron chi connectivity index (χ3n) is 6.29. The summed E-state index contributed by atoms with van der Waals surface area (Å²) in [6.45, 7) is 5.65. The standard InChI is InChI=1S/C23H28N4O3/c1-16-2-4-17(5-3-16)12-21-25-27-20(13-24-22(27)19-7-10-29-11-8-19)23(28)26(21)14-18-6-9-30-15-18/h2-5,13,18-19H,6-12,14-15H2,1H3. The van der Waals surface area contributed by atoms with Crippen molar-refractivity contribution in [2.75, 3.05) is 26.4 Å². The van der Waals surface area contributed by atoms with Crippen LogP contribution >= 0.6 is 0 Å². The molecule has 2 aromatic heterocycles. The molecule has 2 aliphatic rings. The molecule has 7 nitrogen and oxygen atoms in total. The summed E-state index contributed by atoms with van der Waals surface area (Å²) < 4.78 is 14.7. The van der Waals surface area contributed by atoms with Gasteiger partial charge >= 0.3 is 0 Å². The molecule has 2 aliphatic heterocycles. The molecule has 1 atom stereocenters. The van der Waals surface area contributed by atoms with Crippen molar-refractivity contribution in [1.29, 1.82) is 0 Å². The van der Waals surface area contributed by atoms with Crippen LogP contribution in [0.2, 0.25) is 0 Å². The van der Waals surface area contributed by atoms with E-state index in [-0.39, 0.29) is 11.5 Å². The highest BCUT2D eigenvalue weighted by Crippen LogP contribution is 2.26. The maximum absolute atomic E-state index is 13.5. The molecule has 2 fully saturated rings. The molecule has 0 amide bonds. The summed E-state index contributed by atoms with van der Waals surface area (Å²) in [7, 11) is 0. The molecule has 0 saturated carbocycles. The molecular weight excluding hydrogens is 380 g/mol. The third kappa shape index (κ3) is 3.79. The molecule has 7 heteroatoms. The Labute approximate surface area is 175 Å². The number of fused-ring (bicyclic) bond motifs is 1. The zero-order valence-corrected chi connectivity index (χ0v) is 17.4. The van der Waals surface area contributed by atoms with Crippen molar-refractivity contribution in [3.63, 3.8) is 0 Å². The van der Waals surface area contributed by atoms with E-state index in [0.717, 1.165) is 56.3 Å². The number of ether oxygens (including phenoxy) is 2. The summed E-state index contributed by atoms with van der Waals surface area (Å²) in [5, 5.41) is 4.97. The molecule has 0 bridgehead atoms. The molecule has 2 saturated heterocycles. The Morgan fingerprint density at radius 1 is 1.07 bits per heavy atom. The fraction of sp³-hybridized carbons (Fsp3) is 0.522. The molecule has 5 rings (SSSR count). The molecular formula is C23H28N4O3. The highest BCUT2D eigenvalue weighted by atomic mass is 16.5. The van der Waals surface area contributed by atoms with E-state index in [4.69, 9.17) is 14.6 Å². The Morgan fingerprint density at radius 2 is 1.83 bits per heavy atom. The van der Waals surface area contributed by atoms with Crippen LogP contribution in [0.5, 0.6) is 0 Å². The Kier molecular flexibility index (Phi) is 5.39. The lowest BCUT2D eigenvalue weighted by Gasteiger charge is -2.21. The van der Waals surface area contributed by atoms with Crippen molar-refractivity contribution in [3.8, 4) is 0 Å². The highest BCUT2D eigenvalue weighted by molar-refractivity contribution is 5.43. The number of rotatable bonds is 5. The lowest BCUT2D eigenvalue weighted by atomic mass is 10.00. The van der Waals surface area contributed by atoms with E-state index in [0.29, 0.717) is 31.0 Å². The average molecular weight is 409 g/mol. The number of imidazole rings is 1. The van der Waals surface area contributed by atoms with Crippen molar-refractivity contribution in [3.05, 3.63) is 63.6 Å². The minimum absolute atomic E-state index is 0.00942. The monoisotopic (exact) mass is 408 g/mol. The third-order valence-corrected chi connectivity index (χ3v) is 6.29. The predicted octanol–water partition coefficient (Wildman–Crippen LogP) is 2.72. The van der Waals surface area contributed by atoms with E-state index >= 15 is 0 Å². The van der Waals surface area contributed by atoms with Crippen LogP contribution in [-0.2, 0) is 22.4 Å². The minimum atomic E-state index is -0.00942. The first-order valence-electron chi connectivity index (χ1n) is 10.9.